The maximum atomic E-state index is 10.5. The SMILES string of the molecule is CC(=O)CCCC(Cl)OC(C)=O. The van der Waals surface area contributed by atoms with Crippen LogP contribution in [0.4, 0.5) is 0 Å². The fourth-order valence-corrected chi connectivity index (χ4v) is 1.03. The Morgan fingerprint density at radius 1 is 1.42 bits per heavy atom. The number of ether oxygens (including phenoxy) is 1. The average molecular weight is 193 g/mol. The van der Waals surface area contributed by atoms with E-state index in [9.17, 15) is 9.59 Å². The Hall–Kier alpha value is -0.570. The molecule has 0 heterocycles. The van der Waals surface area contributed by atoms with E-state index >= 15 is 0 Å². The number of ketones is 1. The Morgan fingerprint density at radius 2 is 2.00 bits per heavy atom. The van der Waals surface area contributed by atoms with Crippen molar-refractivity contribution in [2.45, 2.75) is 38.7 Å². The molecule has 0 aromatic heterocycles. The normalized spacial score (nSPS) is 12.2. The molecule has 0 radical (unpaired) electrons. The van der Waals surface area contributed by atoms with Crippen LogP contribution in [-0.4, -0.2) is 17.3 Å². The molecule has 1 unspecified atom stereocenters. The minimum atomic E-state index is -0.596. The highest BCUT2D eigenvalue weighted by Crippen LogP contribution is 2.09. The quantitative estimate of drug-likeness (QED) is 0.494. The van der Waals surface area contributed by atoms with Crippen molar-refractivity contribution in [3.8, 4) is 0 Å². The van der Waals surface area contributed by atoms with Gasteiger partial charge in [-0.05, 0) is 19.8 Å². The van der Waals surface area contributed by atoms with Crippen molar-refractivity contribution >= 4 is 23.4 Å². The number of halogens is 1. The van der Waals surface area contributed by atoms with Crippen LogP contribution in [0, 0.1) is 0 Å². The fourth-order valence-electron chi connectivity index (χ4n) is 0.751. The number of rotatable bonds is 5. The zero-order chi connectivity index (χ0) is 9.56. The van der Waals surface area contributed by atoms with Crippen LogP contribution in [0.1, 0.15) is 33.1 Å². The second kappa shape index (κ2) is 6.00. The lowest BCUT2D eigenvalue weighted by Crippen LogP contribution is -2.09. The molecule has 1 atom stereocenters. The maximum absolute atomic E-state index is 10.5. The molecule has 0 bridgehead atoms. The molecule has 0 saturated carbocycles. The van der Waals surface area contributed by atoms with Gasteiger partial charge in [0.05, 0.1) is 0 Å². The van der Waals surface area contributed by atoms with Gasteiger partial charge >= 0.3 is 5.97 Å². The zero-order valence-corrected chi connectivity index (χ0v) is 8.06. The van der Waals surface area contributed by atoms with Crippen molar-refractivity contribution in [2.75, 3.05) is 0 Å². The Morgan fingerprint density at radius 3 is 2.42 bits per heavy atom. The van der Waals surface area contributed by atoms with Gasteiger partial charge in [0.1, 0.15) is 5.78 Å². The first-order chi connectivity index (χ1) is 5.52. The van der Waals surface area contributed by atoms with Crippen molar-refractivity contribution < 1.29 is 14.3 Å². The van der Waals surface area contributed by atoms with E-state index in [2.05, 4.69) is 4.74 Å². The van der Waals surface area contributed by atoms with Crippen molar-refractivity contribution in [2.24, 2.45) is 0 Å². The van der Waals surface area contributed by atoms with E-state index in [1.807, 2.05) is 0 Å². The maximum Gasteiger partial charge on any atom is 0.304 e. The lowest BCUT2D eigenvalue weighted by Gasteiger charge is -2.07. The van der Waals surface area contributed by atoms with Crippen LogP contribution in [0.5, 0.6) is 0 Å². The van der Waals surface area contributed by atoms with E-state index in [0.717, 1.165) is 0 Å². The van der Waals surface area contributed by atoms with Gasteiger partial charge in [-0.1, -0.05) is 11.6 Å². The summed E-state index contributed by atoms with van der Waals surface area (Å²) in [6.07, 6.45) is 1.68. The Kier molecular flexibility index (Phi) is 5.72. The third kappa shape index (κ3) is 7.54. The summed E-state index contributed by atoms with van der Waals surface area (Å²) in [6, 6.07) is 0. The van der Waals surface area contributed by atoms with Gasteiger partial charge in [-0.15, -0.1) is 0 Å². The first kappa shape index (κ1) is 11.4. The third-order valence-electron chi connectivity index (χ3n) is 1.25. The molecule has 0 N–H and O–H groups in total. The van der Waals surface area contributed by atoms with E-state index < -0.39 is 11.5 Å². The van der Waals surface area contributed by atoms with Gasteiger partial charge in [0.15, 0.2) is 5.56 Å². The molecular formula is C8H13ClO3. The van der Waals surface area contributed by atoms with E-state index in [0.29, 0.717) is 19.3 Å². The number of hydrogen-bond donors (Lipinski definition) is 0. The summed E-state index contributed by atoms with van der Waals surface area (Å²) in [4.78, 5) is 20.9. The first-order valence-corrected chi connectivity index (χ1v) is 4.26. The summed E-state index contributed by atoms with van der Waals surface area (Å²) < 4.78 is 4.65. The summed E-state index contributed by atoms with van der Waals surface area (Å²) in [7, 11) is 0. The molecule has 0 fully saturated rings. The van der Waals surface area contributed by atoms with Gasteiger partial charge in [0, 0.05) is 13.3 Å². The Labute approximate surface area is 77.0 Å². The molecule has 0 aliphatic rings. The van der Waals surface area contributed by atoms with Crippen LogP contribution in [0.15, 0.2) is 0 Å². The fraction of sp³-hybridized carbons (Fsp3) is 0.750. The second-order valence-corrected chi connectivity index (χ2v) is 3.10. The van der Waals surface area contributed by atoms with Gasteiger partial charge in [0.2, 0.25) is 0 Å². The van der Waals surface area contributed by atoms with Crippen molar-refractivity contribution in [3.63, 3.8) is 0 Å². The van der Waals surface area contributed by atoms with E-state index in [-0.39, 0.29) is 5.78 Å². The van der Waals surface area contributed by atoms with Crippen LogP contribution in [0.25, 0.3) is 0 Å². The van der Waals surface area contributed by atoms with Gasteiger partial charge < -0.3 is 9.53 Å². The summed E-state index contributed by atoms with van der Waals surface area (Å²) in [5, 5.41) is 0. The van der Waals surface area contributed by atoms with Crippen molar-refractivity contribution in [3.05, 3.63) is 0 Å². The Bertz CT molecular complexity index is 168. The standard InChI is InChI=1S/C8H13ClO3/c1-6(10)4-3-5-8(9)12-7(2)11/h8H,3-5H2,1-2H3. The molecule has 0 aliphatic carbocycles. The first-order valence-electron chi connectivity index (χ1n) is 3.83. The molecule has 70 valence electrons. The third-order valence-corrected chi connectivity index (χ3v) is 1.56. The van der Waals surface area contributed by atoms with Gasteiger partial charge in [-0.3, -0.25) is 4.79 Å². The minimum absolute atomic E-state index is 0.127. The molecule has 12 heavy (non-hydrogen) atoms. The molecule has 3 nitrogen and oxygen atoms in total. The number of esters is 1. The highest BCUT2D eigenvalue weighted by molar-refractivity contribution is 6.20. The molecule has 0 aromatic carbocycles. The number of Topliss-reactive ketones (excluding diaryl/α,β-unsaturated/α-hetero) is 1. The molecule has 4 heteroatoms. The smallest absolute Gasteiger partial charge is 0.304 e. The summed E-state index contributed by atoms with van der Waals surface area (Å²) >= 11 is 5.60. The van der Waals surface area contributed by atoms with Gasteiger partial charge in [-0.2, -0.15) is 0 Å². The topological polar surface area (TPSA) is 43.4 Å². The van der Waals surface area contributed by atoms with Crippen LogP contribution in [-0.2, 0) is 14.3 Å². The van der Waals surface area contributed by atoms with Crippen LogP contribution < -0.4 is 0 Å². The molecule has 0 aliphatic heterocycles. The number of carbonyl (C=O) groups excluding carboxylic acids is 2. The summed E-state index contributed by atoms with van der Waals surface area (Å²) in [5.74, 6) is -0.264. The van der Waals surface area contributed by atoms with Crippen LogP contribution in [0.3, 0.4) is 0 Å². The number of carbonyl (C=O) groups is 2. The minimum Gasteiger partial charge on any atom is -0.446 e. The predicted molar refractivity (Wildman–Crippen MR) is 45.9 cm³/mol. The predicted octanol–water partition coefficient (Wildman–Crippen LogP) is 1.87. The van der Waals surface area contributed by atoms with E-state index in [1.165, 1.54) is 13.8 Å². The summed E-state index contributed by atoms with van der Waals surface area (Å²) in [6.45, 7) is 2.83. The largest absolute Gasteiger partial charge is 0.446 e. The van der Waals surface area contributed by atoms with Crippen LogP contribution in [0.2, 0.25) is 0 Å². The molecule has 0 amide bonds. The lowest BCUT2D eigenvalue weighted by atomic mass is 10.2. The highest BCUT2D eigenvalue weighted by Gasteiger charge is 2.07. The lowest BCUT2D eigenvalue weighted by molar-refractivity contribution is -0.142. The Balaban J connectivity index is 3.37. The van der Waals surface area contributed by atoms with E-state index in [1.54, 1.807) is 0 Å². The van der Waals surface area contributed by atoms with Crippen molar-refractivity contribution in [1.29, 1.82) is 0 Å². The van der Waals surface area contributed by atoms with Gasteiger partial charge in [-0.25, -0.2) is 0 Å². The molecule has 0 saturated heterocycles. The monoisotopic (exact) mass is 192 g/mol. The average Bonchev–Trinajstić information content (AvgIpc) is 1.84. The number of alkyl halides is 1. The van der Waals surface area contributed by atoms with E-state index in [4.69, 9.17) is 11.6 Å². The van der Waals surface area contributed by atoms with Gasteiger partial charge in [0.25, 0.3) is 0 Å². The molecular weight excluding hydrogens is 180 g/mol. The number of hydrogen-bond acceptors (Lipinski definition) is 3. The molecule has 0 rings (SSSR count). The molecule has 0 spiro atoms. The second-order valence-electron chi connectivity index (χ2n) is 2.61. The van der Waals surface area contributed by atoms with Crippen molar-refractivity contribution in [1.82, 2.24) is 0 Å². The van der Waals surface area contributed by atoms with Crippen LogP contribution >= 0.6 is 11.6 Å². The molecule has 0 aromatic rings. The highest BCUT2D eigenvalue weighted by atomic mass is 35.5. The zero-order valence-electron chi connectivity index (χ0n) is 7.30. The summed E-state index contributed by atoms with van der Waals surface area (Å²) in [5.41, 5.74) is -0.596.